The van der Waals surface area contributed by atoms with Crippen molar-refractivity contribution in [2.45, 2.75) is 38.7 Å². The molecule has 0 amide bonds. The fourth-order valence-corrected chi connectivity index (χ4v) is 2.55. The topological polar surface area (TPSA) is 9.23 Å². The summed E-state index contributed by atoms with van der Waals surface area (Å²) in [5, 5.41) is 0. The molecule has 0 fully saturated rings. The minimum absolute atomic E-state index is 0.0660. The Hall–Kier alpha value is -2.18. The van der Waals surface area contributed by atoms with Crippen LogP contribution >= 0.6 is 0 Å². The number of hydrogen-bond donors (Lipinski definition) is 0. The zero-order chi connectivity index (χ0) is 18.8. The van der Waals surface area contributed by atoms with Crippen molar-refractivity contribution in [2.75, 3.05) is 0 Å². The molecular formula is C18H16F6O. The first-order valence-corrected chi connectivity index (χ1v) is 7.50. The average Bonchev–Trinajstić information content (AvgIpc) is 2.44. The molecule has 0 unspecified atom stereocenters. The first-order valence-electron chi connectivity index (χ1n) is 7.50. The lowest BCUT2D eigenvalue weighted by atomic mass is 9.93. The first kappa shape index (κ1) is 19.1. The van der Waals surface area contributed by atoms with Crippen LogP contribution in [0.2, 0.25) is 0 Å². The van der Waals surface area contributed by atoms with Crippen molar-refractivity contribution in [1.82, 2.24) is 0 Å². The highest BCUT2D eigenvalue weighted by atomic mass is 19.4. The molecule has 2 aromatic carbocycles. The van der Waals surface area contributed by atoms with Crippen LogP contribution in [0.25, 0.3) is 0 Å². The normalized spacial score (nSPS) is 12.5. The lowest BCUT2D eigenvalue weighted by Crippen LogP contribution is -2.17. The van der Waals surface area contributed by atoms with Gasteiger partial charge in [-0.25, -0.2) is 0 Å². The Morgan fingerprint density at radius 2 is 1.52 bits per heavy atom. The van der Waals surface area contributed by atoms with E-state index in [1.54, 1.807) is 19.9 Å². The van der Waals surface area contributed by atoms with E-state index in [-0.39, 0.29) is 17.9 Å². The van der Waals surface area contributed by atoms with E-state index >= 15 is 0 Å². The third-order valence-corrected chi connectivity index (χ3v) is 3.59. The summed E-state index contributed by atoms with van der Waals surface area (Å²) in [6, 6.07) is 9.22. The van der Waals surface area contributed by atoms with Gasteiger partial charge in [-0.3, -0.25) is 0 Å². The highest BCUT2D eigenvalue weighted by Gasteiger charge is 2.34. The van der Waals surface area contributed by atoms with E-state index in [1.807, 2.05) is 0 Å². The number of benzene rings is 2. The van der Waals surface area contributed by atoms with Gasteiger partial charge in [-0.1, -0.05) is 38.1 Å². The molecule has 2 aromatic rings. The minimum Gasteiger partial charge on any atom is -0.406 e. The van der Waals surface area contributed by atoms with E-state index in [9.17, 15) is 26.3 Å². The molecule has 7 heteroatoms. The summed E-state index contributed by atoms with van der Waals surface area (Å²) < 4.78 is 80.3. The molecular weight excluding hydrogens is 346 g/mol. The van der Waals surface area contributed by atoms with Crippen LogP contribution in [0.3, 0.4) is 0 Å². The third-order valence-electron chi connectivity index (χ3n) is 3.59. The van der Waals surface area contributed by atoms with Gasteiger partial charge in [0.05, 0.1) is 5.56 Å². The second kappa shape index (κ2) is 6.98. The molecule has 0 bridgehead atoms. The predicted octanol–water partition coefficient (Wildman–Crippen LogP) is 6.32. The fraction of sp³-hybridized carbons (Fsp3) is 0.333. The second-order valence-electron chi connectivity index (χ2n) is 5.95. The third kappa shape index (κ3) is 5.41. The van der Waals surface area contributed by atoms with Gasteiger partial charge >= 0.3 is 12.5 Å². The molecule has 0 saturated carbocycles. The van der Waals surface area contributed by atoms with Gasteiger partial charge in [-0.15, -0.1) is 13.2 Å². The highest BCUT2D eigenvalue weighted by Crippen LogP contribution is 2.36. The van der Waals surface area contributed by atoms with Crippen molar-refractivity contribution in [1.29, 1.82) is 0 Å². The van der Waals surface area contributed by atoms with E-state index < -0.39 is 23.9 Å². The Balaban J connectivity index is 2.30. The minimum atomic E-state index is -4.82. The van der Waals surface area contributed by atoms with Crippen molar-refractivity contribution in [3.63, 3.8) is 0 Å². The maximum atomic E-state index is 13.2. The molecule has 0 aliphatic rings. The number of ether oxygens (including phenoxy) is 1. The summed E-state index contributed by atoms with van der Waals surface area (Å²) in [4.78, 5) is 0. The highest BCUT2D eigenvalue weighted by molar-refractivity contribution is 5.39. The van der Waals surface area contributed by atoms with E-state index in [4.69, 9.17) is 0 Å². The molecule has 0 aliphatic carbocycles. The molecule has 0 heterocycles. The van der Waals surface area contributed by atoms with E-state index in [0.717, 1.165) is 18.2 Å². The van der Waals surface area contributed by atoms with Gasteiger partial charge in [0, 0.05) is 0 Å². The number of alkyl halides is 6. The molecule has 0 aromatic heterocycles. The van der Waals surface area contributed by atoms with Gasteiger partial charge in [0.15, 0.2) is 0 Å². The summed E-state index contributed by atoms with van der Waals surface area (Å²) >= 11 is 0. The van der Waals surface area contributed by atoms with Gasteiger partial charge in [0.2, 0.25) is 0 Å². The SMILES string of the molecule is CC(C)c1ccc(Cc2cccc(OC(F)(F)F)c2)cc1C(F)(F)F. The van der Waals surface area contributed by atoms with E-state index in [1.165, 1.54) is 18.2 Å². The van der Waals surface area contributed by atoms with Crippen molar-refractivity contribution in [3.8, 4) is 5.75 Å². The Morgan fingerprint density at radius 1 is 0.880 bits per heavy atom. The summed E-state index contributed by atoms with van der Waals surface area (Å²) in [7, 11) is 0. The van der Waals surface area contributed by atoms with E-state index in [2.05, 4.69) is 4.74 Å². The van der Waals surface area contributed by atoms with Crippen LogP contribution in [0, 0.1) is 0 Å². The van der Waals surface area contributed by atoms with Gasteiger partial charge in [-0.05, 0) is 47.2 Å². The largest absolute Gasteiger partial charge is 0.573 e. The second-order valence-corrected chi connectivity index (χ2v) is 5.95. The van der Waals surface area contributed by atoms with Crippen LogP contribution in [-0.4, -0.2) is 6.36 Å². The standard InChI is InChI=1S/C18H16F6O/c1-11(2)15-7-6-13(10-16(15)17(19,20)21)8-12-4-3-5-14(9-12)25-18(22,23)24/h3-7,9-11H,8H2,1-2H3. The quantitative estimate of drug-likeness (QED) is 0.579. The molecule has 0 spiro atoms. The van der Waals surface area contributed by atoms with E-state index in [0.29, 0.717) is 11.1 Å². The molecule has 1 nitrogen and oxygen atoms in total. The lowest BCUT2D eigenvalue weighted by Gasteiger charge is -2.17. The fourth-order valence-electron chi connectivity index (χ4n) is 2.55. The van der Waals surface area contributed by atoms with Crippen LogP contribution in [-0.2, 0) is 12.6 Å². The Labute approximate surface area is 141 Å². The molecule has 136 valence electrons. The average molecular weight is 362 g/mol. The van der Waals surface area contributed by atoms with Gasteiger partial charge in [0.25, 0.3) is 0 Å². The predicted molar refractivity (Wildman–Crippen MR) is 81.5 cm³/mol. The lowest BCUT2D eigenvalue weighted by molar-refractivity contribution is -0.274. The molecule has 2 rings (SSSR count). The summed E-state index contributed by atoms with van der Waals surface area (Å²) in [5.74, 6) is -0.700. The van der Waals surface area contributed by atoms with Crippen LogP contribution in [0.5, 0.6) is 5.75 Å². The number of halogens is 6. The Bertz CT molecular complexity index is 731. The maximum Gasteiger partial charge on any atom is 0.573 e. The first-order chi connectivity index (χ1) is 11.5. The maximum absolute atomic E-state index is 13.2. The van der Waals surface area contributed by atoms with Crippen LogP contribution in [0.15, 0.2) is 42.5 Å². The molecule has 0 N–H and O–H groups in total. The monoisotopic (exact) mass is 362 g/mol. The van der Waals surface area contributed by atoms with Crippen LogP contribution < -0.4 is 4.74 Å². The number of rotatable bonds is 4. The van der Waals surface area contributed by atoms with Crippen molar-refractivity contribution < 1.29 is 31.1 Å². The zero-order valence-corrected chi connectivity index (χ0v) is 13.5. The van der Waals surface area contributed by atoms with Crippen molar-refractivity contribution in [2.24, 2.45) is 0 Å². The molecule has 0 aliphatic heterocycles. The van der Waals surface area contributed by atoms with Gasteiger partial charge in [0.1, 0.15) is 5.75 Å². The zero-order valence-electron chi connectivity index (χ0n) is 13.5. The van der Waals surface area contributed by atoms with Gasteiger partial charge < -0.3 is 4.74 Å². The molecule has 0 radical (unpaired) electrons. The summed E-state index contributed by atoms with van der Waals surface area (Å²) in [5.41, 5.74) is 0.251. The van der Waals surface area contributed by atoms with Crippen molar-refractivity contribution in [3.05, 3.63) is 64.7 Å². The molecule has 25 heavy (non-hydrogen) atoms. The van der Waals surface area contributed by atoms with Gasteiger partial charge in [-0.2, -0.15) is 13.2 Å². The Morgan fingerprint density at radius 3 is 2.08 bits per heavy atom. The number of hydrogen-bond acceptors (Lipinski definition) is 1. The van der Waals surface area contributed by atoms with Crippen molar-refractivity contribution >= 4 is 0 Å². The summed E-state index contributed by atoms with van der Waals surface area (Å²) in [6.07, 6.45) is -9.24. The van der Waals surface area contributed by atoms with Crippen LogP contribution in [0.4, 0.5) is 26.3 Å². The Kier molecular flexibility index (Phi) is 5.34. The molecule has 0 atom stereocenters. The molecule has 0 saturated heterocycles. The smallest absolute Gasteiger partial charge is 0.406 e. The summed E-state index contributed by atoms with van der Waals surface area (Å²) in [6.45, 7) is 3.34. The van der Waals surface area contributed by atoms with Crippen LogP contribution in [0.1, 0.15) is 42.0 Å².